The lowest BCUT2D eigenvalue weighted by Gasteiger charge is -2.08. The third kappa shape index (κ3) is 2.54. The van der Waals surface area contributed by atoms with Gasteiger partial charge in [-0.3, -0.25) is 0 Å². The maximum Gasteiger partial charge on any atom is 0.358 e. The molecule has 0 amide bonds. The molecule has 7 heteroatoms. The molecule has 0 atom stereocenters. The average Bonchev–Trinajstić information content (AvgIpc) is 2.82. The summed E-state index contributed by atoms with van der Waals surface area (Å²) in [6, 6.07) is 3.64. The van der Waals surface area contributed by atoms with Crippen LogP contribution in [0, 0.1) is 0 Å². The average molecular weight is 262 g/mol. The van der Waals surface area contributed by atoms with Gasteiger partial charge < -0.3 is 9.84 Å². The summed E-state index contributed by atoms with van der Waals surface area (Å²) in [5.41, 5.74) is 1.39. The van der Waals surface area contributed by atoms with Crippen molar-refractivity contribution < 1.29 is 14.6 Å². The van der Waals surface area contributed by atoms with Crippen molar-refractivity contribution >= 4 is 5.97 Å². The number of pyridine rings is 1. The van der Waals surface area contributed by atoms with Gasteiger partial charge in [0.1, 0.15) is 0 Å². The Bertz CT molecular complexity index is 594. The molecule has 2 heterocycles. The second-order valence-corrected chi connectivity index (χ2v) is 3.87. The van der Waals surface area contributed by atoms with Gasteiger partial charge in [0.2, 0.25) is 5.88 Å². The number of nitrogens with zero attached hydrogens (tertiary/aromatic N) is 4. The van der Waals surface area contributed by atoms with Crippen LogP contribution in [0.2, 0.25) is 0 Å². The van der Waals surface area contributed by atoms with Crippen molar-refractivity contribution in [1.29, 1.82) is 0 Å². The van der Waals surface area contributed by atoms with Gasteiger partial charge in [0.15, 0.2) is 5.69 Å². The van der Waals surface area contributed by atoms with Gasteiger partial charge in [0.05, 0.1) is 19.3 Å². The number of carboxylic acid groups (broad SMARTS) is 1. The Morgan fingerprint density at radius 2 is 2.32 bits per heavy atom. The highest BCUT2D eigenvalue weighted by Gasteiger charge is 2.18. The minimum atomic E-state index is -1.07. The minimum Gasteiger partial charge on any atom is -0.481 e. The Balaban J connectivity index is 2.36. The van der Waals surface area contributed by atoms with Gasteiger partial charge in [-0.2, -0.15) is 0 Å². The number of aromatic nitrogens is 4. The lowest BCUT2D eigenvalue weighted by molar-refractivity contribution is 0.0689. The first-order valence-corrected chi connectivity index (χ1v) is 5.80. The van der Waals surface area contributed by atoms with Crippen LogP contribution in [-0.4, -0.2) is 38.2 Å². The van der Waals surface area contributed by atoms with Crippen molar-refractivity contribution in [3.63, 3.8) is 0 Å². The predicted molar refractivity (Wildman–Crippen MR) is 66.3 cm³/mol. The van der Waals surface area contributed by atoms with Crippen LogP contribution in [0.5, 0.6) is 5.88 Å². The summed E-state index contributed by atoms with van der Waals surface area (Å²) in [5.74, 6) is -0.571. The van der Waals surface area contributed by atoms with E-state index in [0.717, 1.165) is 5.56 Å². The Hall–Kier alpha value is -2.44. The van der Waals surface area contributed by atoms with Crippen molar-refractivity contribution in [2.75, 3.05) is 7.11 Å². The summed E-state index contributed by atoms with van der Waals surface area (Å²) >= 11 is 0. The van der Waals surface area contributed by atoms with Gasteiger partial charge >= 0.3 is 5.97 Å². The molecule has 0 radical (unpaired) electrons. The fraction of sp³-hybridized carbons (Fsp3) is 0.333. The van der Waals surface area contributed by atoms with Crippen molar-refractivity contribution in [3.05, 3.63) is 35.3 Å². The van der Waals surface area contributed by atoms with Gasteiger partial charge in [0.25, 0.3) is 0 Å². The summed E-state index contributed by atoms with van der Waals surface area (Å²) in [6.45, 7) is 2.24. The van der Waals surface area contributed by atoms with E-state index in [1.807, 2.05) is 13.0 Å². The van der Waals surface area contributed by atoms with E-state index in [2.05, 4.69) is 15.3 Å². The zero-order valence-corrected chi connectivity index (χ0v) is 10.7. The first-order valence-electron chi connectivity index (χ1n) is 5.80. The Labute approximate surface area is 109 Å². The van der Waals surface area contributed by atoms with Crippen molar-refractivity contribution in [2.45, 2.75) is 19.9 Å². The molecule has 2 rings (SSSR count). The smallest absolute Gasteiger partial charge is 0.358 e. The Kier molecular flexibility index (Phi) is 3.74. The summed E-state index contributed by atoms with van der Waals surface area (Å²) in [7, 11) is 1.54. The van der Waals surface area contributed by atoms with Crippen molar-refractivity contribution in [1.82, 2.24) is 20.0 Å². The van der Waals surface area contributed by atoms with Gasteiger partial charge in [-0.1, -0.05) is 18.2 Å². The highest BCUT2D eigenvalue weighted by Crippen LogP contribution is 2.16. The molecule has 100 valence electrons. The van der Waals surface area contributed by atoms with Gasteiger partial charge in [-0.25, -0.2) is 14.5 Å². The van der Waals surface area contributed by atoms with Crippen LogP contribution < -0.4 is 4.74 Å². The molecule has 0 aliphatic heterocycles. The highest BCUT2D eigenvalue weighted by atomic mass is 16.5. The van der Waals surface area contributed by atoms with Crippen LogP contribution in [0.15, 0.2) is 18.3 Å². The van der Waals surface area contributed by atoms with E-state index in [1.165, 1.54) is 7.11 Å². The summed E-state index contributed by atoms with van der Waals surface area (Å²) in [6.07, 6.45) is 2.17. The Morgan fingerprint density at radius 1 is 1.53 bits per heavy atom. The lowest BCUT2D eigenvalue weighted by atomic mass is 10.2. The summed E-state index contributed by atoms with van der Waals surface area (Å²) in [5, 5.41) is 16.6. The van der Waals surface area contributed by atoms with Gasteiger partial charge in [-0.15, -0.1) is 5.10 Å². The number of hydrogen-bond acceptors (Lipinski definition) is 5. The quantitative estimate of drug-likeness (QED) is 0.864. The molecule has 0 aliphatic carbocycles. The molecule has 2 aromatic rings. The molecule has 2 aromatic heterocycles. The van der Waals surface area contributed by atoms with E-state index < -0.39 is 5.97 Å². The number of carboxylic acids is 1. The third-order valence-corrected chi connectivity index (χ3v) is 2.74. The molecular formula is C12H14N4O3. The number of aromatic carboxylic acids is 1. The molecule has 0 aliphatic rings. The number of rotatable bonds is 5. The van der Waals surface area contributed by atoms with Crippen LogP contribution in [0.4, 0.5) is 0 Å². The zero-order chi connectivity index (χ0) is 13.8. The summed E-state index contributed by atoms with van der Waals surface area (Å²) < 4.78 is 6.71. The number of ether oxygens (including phenoxy) is 1. The second-order valence-electron chi connectivity index (χ2n) is 3.87. The number of hydrogen-bond donors (Lipinski definition) is 1. The summed E-state index contributed by atoms with van der Waals surface area (Å²) in [4.78, 5) is 15.1. The molecule has 0 fully saturated rings. The molecule has 0 unspecified atom stereocenters. The largest absolute Gasteiger partial charge is 0.481 e. The van der Waals surface area contributed by atoms with Crippen LogP contribution in [0.3, 0.4) is 0 Å². The number of methoxy groups -OCH3 is 1. The van der Waals surface area contributed by atoms with E-state index in [4.69, 9.17) is 9.84 Å². The van der Waals surface area contributed by atoms with E-state index in [-0.39, 0.29) is 5.69 Å². The van der Waals surface area contributed by atoms with Gasteiger partial charge in [-0.05, 0) is 12.5 Å². The molecule has 1 N–H and O–H groups in total. The first kappa shape index (κ1) is 13.0. The molecule has 0 aromatic carbocycles. The maximum atomic E-state index is 11.0. The topological polar surface area (TPSA) is 90.1 Å². The molecule has 0 saturated heterocycles. The first-order chi connectivity index (χ1) is 9.17. The van der Waals surface area contributed by atoms with Crippen LogP contribution >= 0.6 is 0 Å². The van der Waals surface area contributed by atoms with Crippen molar-refractivity contribution in [3.8, 4) is 5.88 Å². The SMILES string of the molecule is CCc1c(C(=O)O)nnn1Cc1cccnc1OC. The zero-order valence-electron chi connectivity index (χ0n) is 10.7. The minimum absolute atomic E-state index is 0.00893. The van der Waals surface area contributed by atoms with Crippen LogP contribution in [-0.2, 0) is 13.0 Å². The molecule has 7 nitrogen and oxygen atoms in total. The maximum absolute atomic E-state index is 11.0. The molecule has 0 saturated carbocycles. The lowest BCUT2D eigenvalue weighted by Crippen LogP contribution is -2.09. The van der Waals surface area contributed by atoms with E-state index >= 15 is 0 Å². The molecular weight excluding hydrogens is 248 g/mol. The van der Waals surface area contributed by atoms with E-state index in [9.17, 15) is 4.79 Å². The van der Waals surface area contributed by atoms with Gasteiger partial charge in [0, 0.05) is 11.8 Å². The van der Waals surface area contributed by atoms with Crippen LogP contribution in [0.1, 0.15) is 28.7 Å². The fourth-order valence-electron chi connectivity index (χ4n) is 1.87. The molecule has 0 spiro atoms. The fourth-order valence-corrected chi connectivity index (χ4v) is 1.87. The van der Waals surface area contributed by atoms with Crippen LogP contribution in [0.25, 0.3) is 0 Å². The Morgan fingerprint density at radius 3 is 2.95 bits per heavy atom. The van der Waals surface area contributed by atoms with E-state index in [0.29, 0.717) is 24.5 Å². The third-order valence-electron chi connectivity index (χ3n) is 2.74. The second kappa shape index (κ2) is 5.47. The monoisotopic (exact) mass is 262 g/mol. The standard InChI is InChI=1S/C12H14N4O3/c1-3-9-10(12(17)18)14-15-16(9)7-8-5-4-6-13-11(8)19-2/h4-6H,3,7H2,1-2H3,(H,17,18). The predicted octanol–water partition coefficient (Wildman–Crippen LogP) is 0.991. The highest BCUT2D eigenvalue weighted by molar-refractivity contribution is 5.86. The van der Waals surface area contributed by atoms with E-state index in [1.54, 1.807) is 16.9 Å². The molecule has 19 heavy (non-hydrogen) atoms. The normalized spacial score (nSPS) is 10.4. The number of carbonyl (C=O) groups is 1. The molecule has 0 bridgehead atoms. The van der Waals surface area contributed by atoms with Crippen molar-refractivity contribution in [2.24, 2.45) is 0 Å².